The maximum atomic E-state index is 11.8. The standard InChI is InChI=1S/C13H18N2O2/c1-10-4-2-3-5-12(10)13(16)15-17-9-11-6-7-14-8-11/h2-5,11,14H,6-9H2,1H3,(H,15,16). The van der Waals surface area contributed by atoms with Crippen LogP contribution in [0.4, 0.5) is 0 Å². The van der Waals surface area contributed by atoms with Crippen molar-refractivity contribution in [1.29, 1.82) is 0 Å². The Hall–Kier alpha value is -1.39. The molecule has 1 heterocycles. The lowest BCUT2D eigenvalue weighted by molar-refractivity contribution is 0.0187. The van der Waals surface area contributed by atoms with Crippen LogP contribution >= 0.6 is 0 Å². The number of hydroxylamine groups is 1. The highest BCUT2D eigenvalue weighted by atomic mass is 16.6. The average Bonchev–Trinajstić information content (AvgIpc) is 2.82. The number of hydrogen-bond donors (Lipinski definition) is 2. The molecule has 4 heteroatoms. The second-order valence-electron chi connectivity index (χ2n) is 4.42. The van der Waals surface area contributed by atoms with Gasteiger partial charge < -0.3 is 5.32 Å². The van der Waals surface area contributed by atoms with Crippen molar-refractivity contribution in [3.8, 4) is 0 Å². The van der Waals surface area contributed by atoms with Gasteiger partial charge in [-0.1, -0.05) is 18.2 Å². The van der Waals surface area contributed by atoms with Gasteiger partial charge in [-0.05, 0) is 37.4 Å². The van der Waals surface area contributed by atoms with E-state index in [1.54, 1.807) is 6.07 Å². The van der Waals surface area contributed by atoms with Crippen LogP contribution in [0.3, 0.4) is 0 Å². The van der Waals surface area contributed by atoms with Gasteiger partial charge in [0.1, 0.15) is 0 Å². The van der Waals surface area contributed by atoms with Crippen LogP contribution in [0.25, 0.3) is 0 Å². The first kappa shape index (κ1) is 12.1. The fraction of sp³-hybridized carbons (Fsp3) is 0.462. The van der Waals surface area contributed by atoms with E-state index < -0.39 is 0 Å². The molecule has 1 saturated heterocycles. The quantitative estimate of drug-likeness (QED) is 0.771. The minimum atomic E-state index is -0.172. The normalized spacial score (nSPS) is 19.2. The molecule has 92 valence electrons. The zero-order valence-electron chi connectivity index (χ0n) is 10.0. The van der Waals surface area contributed by atoms with Crippen molar-refractivity contribution in [2.45, 2.75) is 13.3 Å². The molecule has 0 spiro atoms. The predicted molar refractivity (Wildman–Crippen MR) is 65.6 cm³/mol. The topological polar surface area (TPSA) is 50.4 Å². The average molecular weight is 234 g/mol. The highest BCUT2D eigenvalue weighted by Crippen LogP contribution is 2.08. The van der Waals surface area contributed by atoms with Crippen LogP contribution in [-0.4, -0.2) is 25.6 Å². The maximum absolute atomic E-state index is 11.8. The molecule has 4 nitrogen and oxygen atoms in total. The van der Waals surface area contributed by atoms with E-state index in [0.717, 1.165) is 25.1 Å². The molecule has 0 aromatic heterocycles. The molecule has 2 N–H and O–H groups in total. The van der Waals surface area contributed by atoms with Gasteiger partial charge in [0.05, 0.1) is 6.61 Å². The molecule has 1 aromatic carbocycles. The second kappa shape index (κ2) is 5.80. The molecular weight excluding hydrogens is 216 g/mol. The van der Waals surface area contributed by atoms with E-state index in [2.05, 4.69) is 10.8 Å². The summed E-state index contributed by atoms with van der Waals surface area (Å²) in [5.74, 6) is 0.334. The molecule has 1 aliphatic rings. The van der Waals surface area contributed by atoms with E-state index in [0.29, 0.717) is 18.1 Å². The van der Waals surface area contributed by atoms with Gasteiger partial charge in [-0.2, -0.15) is 0 Å². The van der Waals surface area contributed by atoms with Gasteiger partial charge in [-0.25, -0.2) is 5.48 Å². The molecule has 1 amide bonds. The Labute approximate surface area is 101 Å². The summed E-state index contributed by atoms with van der Waals surface area (Å²) in [6.07, 6.45) is 1.11. The van der Waals surface area contributed by atoms with Gasteiger partial charge in [0, 0.05) is 12.1 Å². The van der Waals surface area contributed by atoms with Crippen LogP contribution in [0.5, 0.6) is 0 Å². The fourth-order valence-corrected chi connectivity index (χ4v) is 1.96. The summed E-state index contributed by atoms with van der Waals surface area (Å²) in [5, 5.41) is 3.26. The molecule has 0 radical (unpaired) electrons. The SMILES string of the molecule is Cc1ccccc1C(=O)NOCC1CCNC1. The number of nitrogens with one attached hydrogen (secondary N) is 2. The second-order valence-corrected chi connectivity index (χ2v) is 4.42. The smallest absolute Gasteiger partial charge is 0.275 e. The molecule has 1 fully saturated rings. The van der Waals surface area contributed by atoms with Crippen LogP contribution in [-0.2, 0) is 4.84 Å². The molecule has 0 saturated carbocycles. The zero-order chi connectivity index (χ0) is 12.1. The Morgan fingerprint density at radius 1 is 1.53 bits per heavy atom. The highest BCUT2D eigenvalue weighted by molar-refractivity contribution is 5.94. The van der Waals surface area contributed by atoms with Gasteiger partial charge in [-0.3, -0.25) is 9.63 Å². The number of benzene rings is 1. The van der Waals surface area contributed by atoms with Crippen LogP contribution in [0.1, 0.15) is 22.3 Å². The van der Waals surface area contributed by atoms with Gasteiger partial charge >= 0.3 is 0 Å². The van der Waals surface area contributed by atoms with Crippen LogP contribution in [0.2, 0.25) is 0 Å². The summed E-state index contributed by atoms with van der Waals surface area (Å²) in [7, 11) is 0. The number of amides is 1. The third-order valence-corrected chi connectivity index (χ3v) is 3.04. The lowest BCUT2D eigenvalue weighted by Gasteiger charge is -2.10. The zero-order valence-corrected chi connectivity index (χ0v) is 10.0. The van der Waals surface area contributed by atoms with E-state index in [1.807, 2.05) is 25.1 Å². The first-order valence-corrected chi connectivity index (χ1v) is 5.96. The van der Waals surface area contributed by atoms with Crippen molar-refractivity contribution < 1.29 is 9.63 Å². The van der Waals surface area contributed by atoms with Crippen molar-refractivity contribution in [1.82, 2.24) is 10.8 Å². The van der Waals surface area contributed by atoms with E-state index >= 15 is 0 Å². The van der Waals surface area contributed by atoms with Crippen molar-refractivity contribution in [3.05, 3.63) is 35.4 Å². The van der Waals surface area contributed by atoms with E-state index in [1.165, 1.54) is 0 Å². The van der Waals surface area contributed by atoms with Gasteiger partial charge in [0.2, 0.25) is 0 Å². The molecule has 1 unspecified atom stereocenters. The number of hydrogen-bond acceptors (Lipinski definition) is 3. The Balaban J connectivity index is 1.79. The van der Waals surface area contributed by atoms with E-state index in [4.69, 9.17) is 4.84 Å². The first-order valence-electron chi connectivity index (χ1n) is 5.96. The maximum Gasteiger partial charge on any atom is 0.275 e. The van der Waals surface area contributed by atoms with Gasteiger partial charge in [-0.15, -0.1) is 0 Å². The molecule has 0 aliphatic carbocycles. The molecule has 17 heavy (non-hydrogen) atoms. The van der Waals surface area contributed by atoms with E-state index in [9.17, 15) is 4.79 Å². The lowest BCUT2D eigenvalue weighted by atomic mass is 10.1. The number of carbonyl (C=O) groups excluding carboxylic acids is 1. The first-order chi connectivity index (χ1) is 8.27. The Morgan fingerprint density at radius 3 is 3.06 bits per heavy atom. The summed E-state index contributed by atoms with van der Waals surface area (Å²) in [4.78, 5) is 17.0. The molecule has 1 aromatic rings. The monoisotopic (exact) mass is 234 g/mol. The van der Waals surface area contributed by atoms with Crippen LogP contribution in [0.15, 0.2) is 24.3 Å². The summed E-state index contributed by atoms with van der Waals surface area (Å²) in [6, 6.07) is 7.47. The van der Waals surface area contributed by atoms with Crippen molar-refractivity contribution in [3.63, 3.8) is 0 Å². The lowest BCUT2D eigenvalue weighted by Crippen LogP contribution is -2.27. The molecule has 0 bridgehead atoms. The Kier molecular flexibility index (Phi) is 4.12. The number of rotatable bonds is 4. The molecule has 2 rings (SSSR count). The third kappa shape index (κ3) is 3.28. The third-order valence-electron chi connectivity index (χ3n) is 3.04. The van der Waals surface area contributed by atoms with E-state index in [-0.39, 0.29) is 5.91 Å². The molecule has 1 atom stereocenters. The largest absolute Gasteiger partial charge is 0.316 e. The van der Waals surface area contributed by atoms with Crippen molar-refractivity contribution in [2.24, 2.45) is 5.92 Å². The summed E-state index contributed by atoms with van der Waals surface area (Å²) in [5.41, 5.74) is 4.12. The summed E-state index contributed by atoms with van der Waals surface area (Å²) < 4.78 is 0. The van der Waals surface area contributed by atoms with Gasteiger partial charge in [0.15, 0.2) is 0 Å². The van der Waals surface area contributed by atoms with Crippen LogP contribution in [0, 0.1) is 12.8 Å². The molecule has 1 aliphatic heterocycles. The molecular formula is C13H18N2O2. The van der Waals surface area contributed by atoms with Crippen LogP contribution < -0.4 is 10.8 Å². The minimum absolute atomic E-state index is 0.172. The summed E-state index contributed by atoms with van der Waals surface area (Å²) >= 11 is 0. The highest BCUT2D eigenvalue weighted by Gasteiger charge is 2.15. The minimum Gasteiger partial charge on any atom is -0.316 e. The number of carbonyl (C=O) groups is 1. The Morgan fingerprint density at radius 2 is 2.35 bits per heavy atom. The predicted octanol–water partition coefficient (Wildman–Crippen LogP) is 1.27. The number of aryl methyl sites for hydroxylation is 1. The summed E-state index contributed by atoms with van der Waals surface area (Å²) in [6.45, 7) is 4.50. The van der Waals surface area contributed by atoms with Crippen molar-refractivity contribution in [2.75, 3.05) is 19.7 Å². The Bertz CT molecular complexity index is 387. The fourth-order valence-electron chi connectivity index (χ4n) is 1.96. The van der Waals surface area contributed by atoms with Gasteiger partial charge in [0.25, 0.3) is 5.91 Å². The van der Waals surface area contributed by atoms with Crippen molar-refractivity contribution >= 4 is 5.91 Å².